The van der Waals surface area contributed by atoms with Gasteiger partial charge >= 0.3 is 0 Å². The second-order valence-corrected chi connectivity index (χ2v) is 5.36. The molecule has 0 nitrogen and oxygen atoms in total. The largest absolute Gasteiger partial charge is 0.207 e. The Labute approximate surface area is 123 Å². The highest BCUT2D eigenvalue weighted by Gasteiger charge is 2.11. The van der Waals surface area contributed by atoms with Crippen LogP contribution in [0.15, 0.2) is 48.5 Å². The second-order valence-electron chi connectivity index (χ2n) is 4.65. The van der Waals surface area contributed by atoms with E-state index in [9.17, 15) is 4.39 Å². The van der Waals surface area contributed by atoms with Gasteiger partial charge in [-0.25, -0.2) is 4.39 Å². The average molecular weight is 297 g/mol. The van der Waals surface area contributed by atoms with Crippen molar-refractivity contribution < 1.29 is 4.39 Å². The molecule has 1 unspecified atom stereocenters. The Morgan fingerprint density at radius 3 is 2.26 bits per heavy atom. The lowest BCUT2D eigenvalue weighted by molar-refractivity contribution is 0.581. The Morgan fingerprint density at radius 2 is 1.63 bits per heavy atom. The van der Waals surface area contributed by atoms with Gasteiger partial charge in [0.2, 0.25) is 0 Å². The lowest BCUT2D eigenvalue weighted by atomic mass is 9.94. The summed E-state index contributed by atoms with van der Waals surface area (Å²) in [5.74, 6) is 0.645. The summed E-state index contributed by atoms with van der Waals surface area (Å²) in [6, 6.07) is 14.4. The molecule has 3 heteroatoms. The van der Waals surface area contributed by atoms with Crippen molar-refractivity contribution in [1.82, 2.24) is 0 Å². The normalized spacial score (nSPS) is 12.4. The first-order valence-electron chi connectivity index (χ1n) is 6.23. The summed E-state index contributed by atoms with van der Waals surface area (Å²) in [6.07, 6.45) is 1.66. The number of halogens is 3. The number of alkyl halides is 1. The monoisotopic (exact) mass is 296 g/mol. The topological polar surface area (TPSA) is 0 Å². The second kappa shape index (κ2) is 6.93. The van der Waals surface area contributed by atoms with Crippen molar-refractivity contribution in [2.24, 2.45) is 5.92 Å². The molecular weight excluding hydrogens is 282 g/mol. The molecule has 0 aliphatic heterocycles. The van der Waals surface area contributed by atoms with Crippen molar-refractivity contribution in [3.8, 4) is 0 Å². The third-order valence-electron chi connectivity index (χ3n) is 3.12. The first-order valence-corrected chi connectivity index (χ1v) is 7.14. The van der Waals surface area contributed by atoms with E-state index < -0.39 is 0 Å². The van der Waals surface area contributed by atoms with Gasteiger partial charge in [0, 0.05) is 10.9 Å². The van der Waals surface area contributed by atoms with Gasteiger partial charge in [-0.3, -0.25) is 0 Å². The fourth-order valence-electron chi connectivity index (χ4n) is 2.11. The predicted molar refractivity (Wildman–Crippen MR) is 79.5 cm³/mol. The molecular formula is C16H15Cl2F. The van der Waals surface area contributed by atoms with Crippen LogP contribution in [0.4, 0.5) is 4.39 Å². The van der Waals surface area contributed by atoms with E-state index in [0.29, 0.717) is 11.8 Å². The van der Waals surface area contributed by atoms with E-state index in [1.54, 1.807) is 0 Å². The van der Waals surface area contributed by atoms with Crippen LogP contribution in [-0.2, 0) is 12.8 Å². The van der Waals surface area contributed by atoms with Crippen LogP contribution in [0.2, 0.25) is 5.02 Å². The first kappa shape index (κ1) is 14.4. The standard InChI is InChI=1S/C16H15Cl2F/c17-11-13(9-12-5-7-15(19)8-6-12)10-14-3-1-2-4-16(14)18/h1-8,13H,9-11H2. The number of hydrogen-bond acceptors (Lipinski definition) is 0. The van der Waals surface area contributed by atoms with Gasteiger partial charge in [0.05, 0.1) is 0 Å². The average Bonchev–Trinajstić information content (AvgIpc) is 2.43. The number of rotatable bonds is 5. The zero-order valence-electron chi connectivity index (χ0n) is 10.5. The van der Waals surface area contributed by atoms with E-state index in [4.69, 9.17) is 23.2 Å². The minimum atomic E-state index is -0.211. The number of benzene rings is 2. The first-order chi connectivity index (χ1) is 9.19. The molecule has 19 heavy (non-hydrogen) atoms. The van der Waals surface area contributed by atoms with Gasteiger partial charge < -0.3 is 0 Å². The molecule has 0 fully saturated rings. The lowest BCUT2D eigenvalue weighted by Gasteiger charge is -2.15. The minimum Gasteiger partial charge on any atom is -0.207 e. The van der Waals surface area contributed by atoms with Gasteiger partial charge in [0.25, 0.3) is 0 Å². The fourth-order valence-corrected chi connectivity index (χ4v) is 2.54. The molecule has 1 atom stereocenters. The van der Waals surface area contributed by atoms with Crippen LogP contribution >= 0.6 is 23.2 Å². The Bertz CT molecular complexity index is 523. The molecule has 0 N–H and O–H groups in total. The molecule has 0 aliphatic rings. The van der Waals surface area contributed by atoms with Crippen LogP contribution in [0.5, 0.6) is 0 Å². The SMILES string of the molecule is Fc1ccc(CC(CCl)Cc2ccccc2Cl)cc1. The van der Waals surface area contributed by atoms with Crippen LogP contribution in [-0.4, -0.2) is 5.88 Å². The zero-order chi connectivity index (χ0) is 13.7. The molecule has 2 aromatic rings. The van der Waals surface area contributed by atoms with E-state index in [1.807, 2.05) is 36.4 Å². The fraction of sp³-hybridized carbons (Fsp3) is 0.250. The smallest absolute Gasteiger partial charge is 0.123 e. The maximum atomic E-state index is 12.9. The third kappa shape index (κ3) is 4.22. The van der Waals surface area contributed by atoms with Crippen molar-refractivity contribution in [3.63, 3.8) is 0 Å². The van der Waals surface area contributed by atoms with Crippen LogP contribution in [0.3, 0.4) is 0 Å². The molecule has 0 aromatic heterocycles. The Morgan fingerprint density at radius 1 is 0.947 bits per heavy atom. The van der Waals surface area contributed by atoms with E-state index in [1.165, 1.54) is 12.1 Å². The summed E-state index contributed by atoms with van der Waals surface area (Å²) >= 11 is 12.2. The van der Waals surface area contributed by atoms with Gasteiger partial charge in [-0.2, -0.15) is 0 Å². The maximum absolute atomic E-state index is 12.9. The summed E-state index contributed by atoms with van der Waals surface area (Å²) in [5, 5.41) is 0.775. The molecule has 0 radical (unpaired) electrons. The Hall–Kier alpha value is -1.05. The highest BCUT2D eigenvalue weighted by molar-refractivity contribution is 6.31. The molecule has 100 valence electrons. The quantitative estimate of drug-likeness (QED) is 0.672. The molecule has 0 bridgehead atoms. The highest BCUT2D eigenvalue weighted by atomic mass is 35.5. The third-order valence-corrected chi connectivity index (χ3v) is 3.93. The molecule has 0 amide bonds. The molecule has 0 saturated carbocycles. The lowest BCUT2D eigenvalue weighted by Crippen LogP contribution is -2.10. The maximum Gasteiger partial charge on any atom is 0.123 e. The summed E-state index contributed by atoms with van der Waals surface area (Å²) in [7, 11) is 0. The van der Waals surface area contributed by atoms with Gasteiger partial charge in [0.15, 0.2) is 0 Å². The van der Waals surface area contributed by atoms with Crippen molar-refractivity contribution in [3.05, 3.63) is 70.5 Å². The molecule has 0 heterocycles. The van der Waals surface area contributed by atoms with Crippen molar-refractivity contribution in [2.75, 3.05) is 5.88 Å². The Balaban J connectivity index is 2.05. The van der Waals surface area contributed by atoms with Crippen molar-refractivity contribution >= 4 is 23.2 Å². The van der Waals surface area contributed by atoms with Crippen molar-refractivity contribution in [1.29, 1.82) is 0 Å². The molecule has 2 aromatic carbocycles. The van der Waals surface area contributed by atoms with E-state index in [-0.39, 0.29) is 5.82 Å². The van der Waals surface area contributed by atoms with E-state index >= 15 is 0 Å². The van der Waals surface area contributed by atoms with Gasteiger partial charge in [-0.15, -0.1) is 11.6 Å². The van der Waals surface area contributed by atoms with E-state index in [2.05, 4.69) is 0 Å². The molecule has 0 saturated heterocycles. The summed E-state index contributed by atoms with van der Waals surface area (Å²) < 4.78 is 12.9. The van der Waals surface area contributed by atoms with Crippen LogP contribution < -0.4 is 0 Å². The van der Waals surface area contributed by atoms with E-state index in [0.717, 1.165) is 29.0 Å². The summed E-state index contributed by atoms with van der Waals surface area (Å²) in [6.45, 7) is 0. The predicted octanol–water partition coefficient (Wildman–Crippen LogP) is 5.12. The number of hydrogen-bond donors (Lipinski definition) is 0. The molecule has 0 aliphatic carbocycles. The van der Waals surface area contributed by atoms with Crippen LogP contribution in [0.1, 0.15) is 11.1 Å². The summed E-state index contributed by atoms with van der Waals surface area (Å²) in [5.41, 5.74) is 2.20. The highest BCUT2D eigenvalue weighted by Crippen LogP contribution is 2.22. The van der Waals surface area contributed by atoms with Gasteiger partial charge in [-0.1, -0.05) is 41.9 Å². The molecule has 2 rings (SSSR count). The minimum absolute atomic E-state index is 0.211. The van der Waals surface area contributed by atoms with Crippen LogP contribution in [0, 0.1) is 11.7 Å². The van der Waals surface area contributed by atoms with Gasteiger partial charge in [-0.05, 0) is 48.1 Å². The zero-order valence-corrected chi connectivity index (χ0v) is 12.0. The Kier molecular flexibility index (Phi) is 5.24. The van der Waals surface area contributed by atoms with Crippen LogP contribution in [0.25, 0.3) is 0 Å². The van der Waals surface area contributed by atoms with Crippen molar-refractivity contribution in [2.45, 2.75) is 12.8 Å². The molecule has 0 spiro atoms. The summed E-state index contributed by atoms with van der Waals surface area (Å²) in [4.78, 5) is 0. The van der Waals surface area contributed by atoms with Gasteiger partial charge in [0.1, 0.15) is 5.82 Å².